The van der Waals surface area contributed by atoms with Gasteiger partial charge in [0.25, 0.3) is 0 Å². The van der Waals surface area contributed by atoms with Gasteiger partial charge in [0.2, 0.25) is 0 Å². The van der Waals surface area contributed by atoms with E-state index < -0.39 is 0 Å². The van der Waals surface area contributed by atoms with Crippen molar-refractivity contribution >= 4 is 12.4 Å². The molecule has 0 aliphatic carbocycles. The van der Waals surface area contributed by atoms with E-state index in [1.807, 2.05) is 10.9 Å². The second kappa shape index (κ2) is 4.01. The molecule has 0 saturated heterocycles. The van der Waals surface area contributed by atoms with Crippen LogP contribution in [0.5, 0.6) is 0 Å². The molecule has 3 nitrogen and oxygen atoms in total. The molecule has 1 aliphatic rings. The van der Waals surface area contributed by atoms with Crippen molar-refractivity contribution in [2.45, 2.75) is 20.8 Å². The summed E-state index contributed by atoms with van der Waals surface area (Å²) in [6.45, 7) is 8.24. The van der Waals surface area contributed by atoms with Crippen molar-refractivity contribution in [1.29, 1.82) is 0 Å². The van der Waals surface area contributed by atoms with Gasteiger partial charge in [-0.15, -0.1) is 0 Å². The molecule has 1 unspecified atom stereocenters. The van der Waals surface area contributed by atoms with Crippen molar-refractivity contribution < 1.29 is 9.42 Å². The van der Waals surface area contributed by atoms with Crippen LogP contribution in [0.25, 0.3) is 0 Å². The third kappa shape index (κ3) is 2.92. The lowest BCUT2D eigenvalue weighted by Gasteiger charge is -2.18. The maximum Gasteiger partial charge on any atom is 0.197 e. The second-order valence-corrected chi connectivity index (χ2v) is 4.46. The number of hydrogen-bond acceptors (Lipinski definition) is 2. The maximum absolute atomic E-state index is 4.99. The Bertz CT molecular complexity index is 226. The number of hydrogen-bond donors (Lipinski definition) is 0. The highest BCUT2D eigenvalue weighted by atomic mass is 16.5. The molecule has 0 radical (unpaired) electrons. The molecule has 0 saturated carbocycles. The van der Waals surface area contributed by atoms with E-state index in [9.17, 15) is 0 Å². The first-order valence-electron chi connectivity index (χ1n) is 4.68. The van der Waals surface area contributed by atoms with E-state index in [0.29, 0.717) is 5.92 Å². The summed E-state index contributed by atoms with van der Waals surface area (Å²) < 4.78 is 6.95. The first-order valence-corrected chi connectivity index (χ1v) is 4.68. The molecule has 13 heavy (non-hydrogen) atoms. The van der Waals surface area contributed by atoms with Crippen LogP contribution >= 0.6 is 0 Å². The number of rotatable bonds is 3. The average molecular weight is 183 g/mol. The predicted octanol–water partition coefficient (Wildman–Crippen LogP) is 1.38. The van der Waals surface area contributed by atoms with Gasteiger partial charge < -0.3 is 4.74 Å². The summed E-state index contributed by atoms with van der Waals surface area (Å²) in [5.74, 6) is 0.448. The zero-order valence-corrected chi connectivity index (χ0v) is 8.95. The van der Waals surface area contributed by atoms with Gasteiger partial charge in [0, 0.05) is 7.11 Å². The third-order valence-electron chi connectivity index (χ3n) is 2.23. The fourth-order valence-corrected chi connectivity index (χ4v) is 1.18. The quantitative estimate of drug-likeness (QED) is 0.607. The van der Waals surface area contributed by atoms with Crippen LogP contribution in [0.4, 0.5) is 0 Å². The molecule has 0 fully saturated rings. The van der Waals surface area contributed by atoms with Crippen LogP contribution in [0.3, 0.4) is 0 Å². The molecule has 0 aromatic heterocycles. The summed E-state index contributed by atoms with van der Waals surface area (Å²) in [4.78, 5) is 0. The highest BCUT2D eigenvalue weighted by Crippen LogP contribution is 2.24. The van der Waals surface area contributed by atoms with Gasteiger partial charge in [-0.25, -0.2) is 0 Å². The molecule has 0 aromatic carbocycles. The Labute approximate surface area is 80.1 Å². The van der Waals surface area contributed by atoms with Gasteiger partial charge in [-0.2, -0.15) is 0 Å². The maximum atomic E-state index is 4.99. The van der Waals surface area contributed by atoms with E-state index in [-0.39, 0.29) is 5.41 Å². The summed E-state index contributed by atoms with van der Waals surface area (Å²) in [6.07, 6.45) is 4.18. The number of hydrazone groups is 1. The SMILES string of the molecule is COCC[N+]1=CC(C(C)(C)C)C=N1. The molecule has 0 aromatic rings. The molecule has 1 aliphatic heterocycles. The average Bonchev–Trinajstić information content (AvgIpc) is 2.47. The highest BCUT2D eigenvalue weighted by Gasteiger charge is 2.29. The summed E-state index contributed by atoms with van der Waals surface area (Å²) in [5.41, 5.74) is 0.269. The van der Waals surface area contributed by atoms with Crippen LogP contribution in [0.2, 0.25) is 0 Å². The molecule has 1 atom stereocenters. The minimum atomic E-state index is 0.269. The smallest absolute Gasteiger partial charge is 0.197 e. The largest absolute Gasteiger partial charge is 0.378 e. The Morgan fingerprint density at radius 1 is 1.46 bits per heavy atom. The van der Waals surface area contributed by atoms with Crippen molar-refractivity contribution in [3.05, 3.63) is 0 Å². The van der Waals surface area contributed by atoms with Gasteiger partial charge in [-0.1, -0.05) is 25.5 Å². The van der Waals surface area contributed by atoms with Crippen LogP contribution in [0, 0.1) is 11.3 Å². The molecule has 0 spiro atoms. The minimum Gasteiger partial charge on any atom is -0.378 e. The normalized spacial score (nSPS) is 22.2. The topological polar surface area (TPSA) is 24.6 Å². The molecule has 74 valence electrons. The van der Waals surface area contributed by atoms with E-state index in [2.05, 4.69) is 32.1 Å². The fraction of sp³-hybridized carbons (Fsp3) is 0.800. The molecule has 1 rings (SSSR count). The van der Waals surface area contributed by atoms with Crippen LogP contribution in [-0.4, -0.2) is 37.4 Å². The van der Waals surface area contributed by atoms with Crippen molar-refractivity contribution in [2.24, 2.45) is 16.4 Å². The van der Waals surface area contributed by atoms with E-state index in [0.717, 1.165) is 13.2 Å². The molecule has 0 N–H and O–H groups in total. The summed E-state index contributed by atoms with van der Waals surface area (Å²) >= 11 is 0. The highest BCUT2D eigenvalue weighted by molar-refractivity contribution is 5.84. The summed E-state index contributed by atoms with van der Waals surface area (Å²) in [6, 6.07) is 0. The van der Waals surface area contributed by atoms with Gasteiger partial charge in [-0.3, -0.25) is 0 Å². The van der Waals surface area contributed by atoms with Gasteiger partial charge >= 0.3 is 0 Å². The molecule has 1 heterocycles. The van der Waals surface area contributed by atoms with Crippen LogP contribution < -0.4 is 0 Å². The first kappa shape index (κ1) is 10.4. The Morgan fingerprint density at radius 3 is 2.62 bits per heavy atom. The lowest BCUT2D eigenvalue weighted by Crippen LogP contribution is -2.22. The molecular weight excluding hydrogens is 164 g/mol. The van der Waals surface area contributed by atoms with Crippen LogP contribution in [0.15, 0.2) is 5.10 Å². The molecular formula is C10H19N2O+. The van der Waals surface area contributed by atoms with Gasteiger partial charge in [0.05, 0.1) is 12.1 Å². The van der Waals surface area contributed by atoms with E-state index >= 15 is 0 Å². The molecule has 0 bridgehead atoms. The van der Waals surface area contributed by atoms with Gasteiger partial charge in [0.15, 0.2) is 12.8 Å². The predicted molar refractivity (Wildman–Crippen MR) is 54.5 cm³/mol. The summed E-state index contributed by atoms with van der Waals surface area (Å²) in [5, 5.41) is 4.29. The monoisotopic (exact) mass is 183 g/mol. The van der Waals surface area contributed by atoms with Crippen LogP contribution in [0.1, 0.15) is 20.8 Å². The zero-order chi connectivity index (χ0) is 9.90. The number of nitrogens with zero attached hydrogens (tertiary/aromatic N) is 2. The third-order valence-corrected chi connectivity index (χ3v) is 2.23. The van der Waals surface area contributed by atoms with E-state index in [4.69, 9.17) is 4.74 Å². The second-order valence-electron chi connectivity index (χ2n) is 4.46. The van der Waals surface area contributed by atoms with E-state index in [1.165, 1.54) is 0 Å². The van der Waals surface area contributed by atoms with Gasteiger partial charge in [0.1, 0.15) is 6.61 Å². The van der Waals surface area contributed by atoms with E-state index in [1.54, 1.807) is 7.11 Å². The standard InChI is InChI=1S/C10H19N2O/c1-10(2,3)9-7-11-12(8-9)5-6-13-4/h7-9H,5-6H2,1-4H3/q+1. The molecule has 0 amide bonds. The zero-order valence-electron chi connectivity index (χ0n) is 8.95. The van der Waals surface area contributed by atoms with Crippen LogP contribution in [-0.2, 0) is 4.74 Å². The molecule has 3 heteroatoms. The first-order chi connectivity index (χ1) is 6.04. The fourth-order valence-electron chi connectivity index (χ4n) is 1.18. The number of methoxy groups -OCH3 is 1. The lowest BCUT2D eigenvalue weighted by molar-refractivity contribution is -0.528. The van der Waals surface area contributed by atoms with Crippen molar-refractivity contribution in [3.63, 3.8) is 0 Å². The summed E-state index contributed by atoms with van der Waals surface area (Å²) in [7, 11) is 1.71. The van der Waals surface area contributed by atoms with Crippen molar-refractivity contribution in [3.8, 4) is 0 Å². The Morgan fingerprint density at radius 2 is 2.15 bits per heavy atom. The van der Waals surface area contributed by atoms with Crippen molar-refractivity contribution in [2.75, 3.05) is 20.3 Å². The number of ether oxygens (including phenoxy) is 1. The van der Waals surface area contributed by atoms with Gasteiger partial charge in [-0.05, 0) is 10.5 Å². The minimum absolute atomic E-state index is 0.269. The van der Waals surface area contributed by atoms with Crippen molar-refractivity contribution in [1.82, 2.24) is 0 Å². The Hall–Kier alpha value is -0.700. The Balaban J connectivity index is 2.50. The lowest BCUT2D eigenvalue weighted by atomic mass is 9.83. The Kier molecular flexibility index (Phi) is 3.20.